The van der Waals surface area contributed by atoms with Crippen molar-refractivity contribution >= 4 is 27.6 Å². The first-order chi connectivity index (χ1) is 15.8. The highest BCUT2D eigenvalue weighted by molar-refractivity contribution is 7.89. The average Bonchev–Trinajstić information content (AvgIpc) is 3.27. The number of aryl methyl sites for hydroxylation is 1. The lowest BCUT2D eigenvalue weighted by atomic mass is 10.1. The minimum absolute atomic E-state index is 0.188. The highest BCUT2D eigenvalue weighted by Gasteiger charge is 2.30. The summed E-state index contributed by atoms with van der Waals surface area (Å²) < 4.78 is 37.8. The fourth-order valence-corrected chi connectivity index (χ4v) is 5.43. The van der Waals surface area contributed by atoms with Crippen molar-refractivity contribution in [3.8, 4) is 11.4 Å². The molecule has 0 radical (unpaired) electrons. The van der Waals surface area contributed by atoms with Crippen LogP contribution >= 0.6 is 11.6 Å². The van der Waals surface area contributed by atoms with E-state index in [1.54, 1.807) is 19.1 Å². The number of sulfonamides is 1. The molecule has 0 spiro atoms. The Labute approximate surface area is 197 Å². The van der Waals surface area contributed by atoms with Crippen LogP contribution in [0.5, 0.6) is 0 Å². The second-order valence-corrected chi connectivity index (χ2v) is 10.0. The zero-order valence-corrected chi connectivity index (χ0v) is 19.8. The van der Waals surface area contributed by atoms with Crippen LogP contribution in [0.2, 0.25) is 5.02 Å². The van der Waals surface area contributed by atoms with E-state index in [1.807, 2.05) is 12.1 Å². The lowest BCUT2D eigenvalue weighted by molar-refractivity contribution is 0.0600. The molecule has 1 aliphatic rings. The Kier molecular flexibility index (Phi) is 6.80. The SMILES string of the molecule is COC(=O)c1ccc(S(=O)(=O)N2CCN(Cc3nc(-c4ccc(Cl)cc4)no3)CC2)c(C)c1. The van der Waals surface area contributed by atoms with Gasteiger partial charge in [0.2, 0.25) is 21.7 Å². The number of rotatable bonds is 6. The van der Waals surface area contributed by atoms with Crippen molar-refractivity contribution in [3.63, 3.8) is 0 Å². The number of carbonyl (C=O) groups excluding carboxylic acids is 1. The predicted molar refractivity (Wildman–Crippen MR) is 121 cm³/mol. The number of hydrogen-bond acceptors (Lipinski definition) is 8. The summed E-state index contributed by atoms with van der Waals surface area (Å²) in [5, 5.41) is 4.65. The molecule has 0 atom stereocenters. The maximum absolute atomic E-state index is 13.1. The molecule has 174 valence electrons. The molecule has 2 aromatic carbocycles. The van der Waals surface area contributed by atoms with Crippen LogP contribution in [0, 0.1) is 6.92 Å². The summed E-state index contributed by atoms with van der Waals surface area (Å²) in [6.07, 6.45) is 0. The number of benzene rings is 2. The fraction of sp³-hybridized carbons (Fsp3) is 0.318. The number of esters is 1. The first kappa shape index (κ1) is 23.4. The quantitative estimate of drug-likeness (QED) is 0.485. The fourth-order valence-electron chi connectivity index (χ4n) is 3.68. The van der Waals surface area contributed by atoms with Gasteiger partial charge in [-0.25, -0.2) is 13.2 Å². The van der Waals surface area contributed by atoms with E-state index in [4.69, 9.17) is 20.9 Å². The Morgan fingerprint density at radius 1 is 1.12 bits per heavy atom. The molecule has 4 rings (SSSR count). The minimum atomic E-state index is -3.68. The Bertz CT molecular complexity index is 1250. The predicted octanol–water partition coefficient (Wildman–Crippen LogP) is 2.99. The molecule has 0 bridgehead atoms. The van der Waals surface area contributed by atoms with Gasteiger partial charge in [-0.2, -0.15) is 9.29 Å². The third-order valence-corrected chi connectivity index (χ3v) is 7.79. The van der Waals surface area contributed by atoms with Gasteiger partial charge in [-0.3, -0.25) is 4.90 Å². The minimum Gasteiger partial charge on any atom is -0.465 e. The van der Waals surface area contributed by atoms with Crippen LogP contribution in [0.3, 0.4) is 0 Å². The second-order valence-electron chi connectivity index (χ2n) is 7.67. The number of ether oxygens (including phenoxy) is 1. The Morgan fingerprint density at radius 2 is 1.82 bits per heavy atom. The van der Waals surface area contributed by atoms with Gasteiger partial charge < -0.3 is 9.26 Å². The topological polar surface area (TPSA) is 106 Å². The van der Waals surface area contributed by atoms with Crippen molar-refractivity contribution in [3.05, 3.63) is 64.5 Å². The zero-order valence-electron chi connectivity index (χ0n) is 18.2. The van der Waals surface area contributed by atoms with Crippen LogP contribution in [0.1, 0.15) is 21.8 Å². The van der Waals surface area contributed by atoms with Crippen LogP contribution in [-0.2, 0) is 21.3 Å². The summed E-state index contributed by atoms with van der Waals surface area (Å²) >= 11 is 5.91. The molecule has 9 nitrogen and oxygen atoms in total. The van der Waals surface area contributed by atoms with E-state index in [2.05, 4.69) is 15.0 Å². The maximum Gasteiger partial charge on any atom is 0.337 e. The molecule has 1 aromatic heterocycles. The van der Waals surface area contributed by atoms with E-state index >= 15 is 0 Å². The van der Waals surface area contributed by atoms with E-state index in [1.165, 1.54) is 29.6 Å². The number of methoxy groups -OCH3 is 1. The number of aromatic nitrogens is 2. The van der Waals surface area contributed by atoms with Crippen LogP contribution < -0.4 is 0 Å². The van der Waals surface area contributed by atoms with Crippen molar-refractivity contribution < 1.29 is 22.5 Å². The summed E-state index contributed by atoms with van der Waals surface area (Å²) in [6.45, 7) is 3.82. The highest BCUT2D eigenvalue weighted by Crippen LogP contribution is 2.24. The number of nitrogens with zero attached hydrogens (tertiary/aromatic N) is 4. The summed E-state index contributed by atoms with van der Waals surface area (Å²) in [5.74, 6) is 0.440. The monoisotopic (exact) mass is 490 g/mol. The van der Waals surface area contributed by atoms with Gasteiger partial charge in [0, 0.05) is 36.8 Å². The summed E-state index contributed by atoms with van der Waals surface area (Å²) in [4.78, 5) is 18.4. The highest BCUT2D eigenvalue weighted by atomic mass is 35.5. The Hall–Kier alpha value is -2.79. The Morgan fingerprint density at radius 3 is 2.45 bits per heavy atom. The molecule has 0 aliphatic carbocycles. The van der Waals surface area contributed by atoms with Crippen LogP contribution in [0.4, 0.5) is 0 Å². The summed E-state index contributed by atoms with van der Waals surface area (Å²) in [7, 11) is -2.39. The van der Waals surface area contributed by atoms with Crippen molar-refractivity contribution in [1.29, 1.82) is 0 Å². The van der Waals surface area contributed by atoms with Gasteiger partial charge in [-0.1, -0.05) is 16.8 Å². The smallest absolute Gasteiger partial charge is 0.337 e. The van der Waals surface area contributed by atoms with Crippen molar-refractivity contribution in [1.82, 2.24) is 19.3 Å². The van der Waals surface area contributed by atoms with Gasteiger partial charge in [0.15, 0.2) is 0 Å². The summed E-state index contributed by atoms with van der Waals surface area (Å²) in [6, 6.07) is 11.6. The van der Waals surface area contributed by atoms with E-state index in [-0.39, 0.29) is 4.90 Å². The average molecular weight is 491 g/mol. The van der Waals surface area contributed by atoms with Gasteiger partial charge in [-0.15, -0.1) is 0 Å². The van der Waals surface area contributed by atoms with Crippen LogP contribution in [0.25, 0.3) is 11.4 Å². The molecular weight excluding hydrogens is 468 g/mol. The van der Waals surface area contributed by atoms with E-state index in [0.29, 0.717) is 60.6 Å². The van der Waals surface area contributed by atoms with Crippen molar-refractivity contribution in [2.75, 3.05) is 33.3 Å². The molecule has 33 heavy (non-hydrogen) atoms. The molecule has 11 heteroatoms. The maximum atomic E-state index is 13.1. The molecule has 3 aromatic rings. The number of piperazine rings is 1. The standard InChI is InChI=1S/C22H23ClN4O5S/c1-15-13-17(22(28)31-2)5-8-19(15)33(29,30)27-11-9-26(10-12-27)14-20-24-21(25-32-20)16-3-6-18(23)7-4-16/h3-8,13H,9-12,14H2,1-2H3. The number of hydrogen-bond donors (Lipinski definition) is 0. The lowest BCUT2D eigenvalue weighted by Crippen LogP contribution is -2.48. The Balaban J connectivity index is 1.39. The largest absolute Gasteiger partial charge is 0.465 e. The molecule has 0 N–H and O–H groups in total. The van der Waals surface area contributed by atoms with Gasteiger partial charge in [0.25, 0.3) is 0 Å². The van der Waals surface area contributed by atoms with Gasteiger partial charge >= 0.3 is 5.97 Å². The van der Waals surface area contributed by atoms with Crippen molar-refractivity contribution in [2.45, 2.75) is 18.4 Å². The molecule has 0 saturated carbocycles. The van der Waals surface area contributed by atoms with Gasteiger partial charge in [0.1, 0.15) is 0 Å². The first-order valence-corrected chi connectivity index (χ1v) is 12.1. The molecule has 1 saturated heterocycles. The molecule has 1 fully saturated rings. The molecule has 0 amide bonds. The zero-order chi connectivity index (χ0) is 23.6. The summed E-state index contributed by atoms with van der Waals surface area (Å²) in [5.41, 5.74) is 1.62. The van der Waals surface area contributed by atoms with E-state index in [0.717, 1.165) is 5.56 Å². The van der Waals surface area contributed by atoms with E-state index in [9.17, 15) is 13.2 Å². The molecule has 0 unspecified atom stereocenters. The van der Waals surface area contributed by atoms with E-state index < -0.39 is 16.0 Å². The van der Waals surface area contributed by atoms with Crippen LogP contribution in [-0.4, -0.2) is 67.0 Å². The third-order valence-electron chi connectivity index (χ3n) is 5.47. The van der Waals surface area contributed by atoms with Crippen molar-refractivity contribution in [2.24, 2.45) is 0 Å². The molecule has 2 heterocycles. The second kappa shape index (κ2) is 9.60. The number of carbonyl (C=O) groups is 1. The first-order valence-electron chi connectivity index (χ1n) is 10.3. The molecular formula is C22H23ClN4O5S. The van der Waals surface area contributed by atoms with Crippen LogP contribution in [0.15, 0.2) is 51.9 Å². The molecule has 1 aliphatic heterocycles. The van der Waals surface area contributed by atoms with Gasteiger partial charge in [0.05, 0.1) is 24.1 Å². The number of halogens is 1. The third kappa shape index (κ3) is 5.09. The lowest BCUT2D eigenvalue weighted by Gasteiger charge is -2.33. The normalized spacial score (nSPS) is 15.5. The van der Waals surface area contributed by atoms with Gasteiger partial charge in [-0.05, 0) is 55.0 Å².